The highest BCUT2D eigenvalue weighted by molar-refractivity contribution is 7.80. The summed E-state index contributed by atoms with van der Waals surface area (Å²) in [5, 5.41) is 6.72. The third-order valence-corrected chi connectivity index (χ3v) is 4.31. The molecule has 0 saturated carbocycles. The Morgan fingerprint density at radius 3 is 2.17 bits per heavy atom. The molecule has 0 aliphatic heterocycles. The number of benzene rings is 2. The molecule has 2 N–H and O–H groups in total. The maximum absolute atomic E-state index is 12.6. The van der Waals surface area contributed by atoms with E-state index in [-0.39, 0.29) is 5.11 Å². The Hall–Kier alpha value is -2.55. The van der Waals surface area contributed by atoms with Gasteiger partial charge in [0, 0.05) is 16.8 Å². The fourth-order valence-corrected chi connectivity index (χ4v) is 2.90. The van der Waals surface area contributed by atoms with Gasteiger partial charge in [-0.05, 0) is 60.7 Å². The van der Waals surface area contributed by atoms with Gasteiger partial charge in [0.25, 0.3) is 0 Å². The summed E-state index contributed by atoms with van der Waals surface area (Å²) in [7, 11) is 0. The second-order valence-corrected chi connectivity index (χ2v) is 6.97. The van der Waals surface area contributed by atoms with E-state index >= 15 is 0 Å². The van der Waals surface area contributed by atoms with Gasteiger partial charge in [-0.15, -0.1) is 0 Å². The Kier molecular flexibility index (Phi) is 6.46. The van der Waals surface area contributed by atoms with Gasteiger partial charge in [0.2, 0.25) is 5.88 Å². The lowest BCUT2D eigenvalue weighted by Gasteiger charge is -2.12. The number of thiocarbonyl (C=S) groups is 1. The van der Waals surface area contributed by atoms with Crippen LogP contribution in [-0.4, -0.2) is 10.1 Å². The maximum atomic E-state index is 12.6. The number of aromatic nitrogens is 1. The quantitative estimate of drug-likeness (QED) is 0.412. The zero-order valence-corrected chi connectivity index (χ0v) is 16.8. The molecule has 0 saturated heterocycles. The molecule has 0 aliphatic rings. The van der Waals surface area contributed by atoms with E-state index in [4.69, 9.17) is 40.2 Å². The molecule has 150 valence electrons. The number of nitrogens with zero attached hydrogens (tertiary/aromatic N) is 1. The van der Waals surface area contributed by atoms with Crippen LogP contribution in [0.5, 0.6) is 11.6 Å². The number of rotatable bonds is 4. The Morgan fingerprint density at radius 1 is 0.931 bits per heavy atom. The molecule has 4 nitrogen and oxygen atoms in total. The van der Waals surface area contributed by atoms with Crippen LogP contribution in [0.3, 0.4) is 0 Å². The minimum atomic E-state index is -4.39. The van der Waals surface area contributed by atoms with Crippen LogP contribution in [0.4, 0.5) is 24.5 Å². The van der Waals surface area contributed by atoms with Gasteiger partial charge in [0.15, 0.2) is 5.11 Å². The first-order valence-electron chi connectivity index (χ1n) is 8.05. The number of hydrogen-bond acceptors (Lipinski definition) is 3. The predicted octanol–water partition coefficient (Wildman–Crippen LogP) is 7.01. The molecule has 0 radical (unpaired) electrons. The maximum Gasteiger partial charge on any atom is 0.416 e. The molecule has 0 atom stereocenters. The van der Waals surface area contributed by atoms with Gasteiger partial charge in [0.1, 0.15) is 5.75 Å². The second kappa shape index (κ2) is 8.86. The van der Waals surface area contributed by atoms with Crippen molar-refractivity contribution in [1.29, 1.82) is 0 Å². The van der Waals surface area contributed by atoms with Crippen LogP contribution in [0.2, 0.25) is 10.0 Å². The van der Waals surface area contributed by atoms with Crippen LogP contribution in [0.25, 0.3) is 0 Å². The van der Waals surface area contributed by atoms with Crippen LogP contribution in [-0.2, 0) is 6.18 Å². The standard InChI is InChI=1S/C19H12Cl2F3N3OS/c20-12-3-7-16(15(21)9-12)28-17-8-6-14(10-25-17)27-18(29)26-13-4-1-11(2-5-13)19(22,23)24/h1-10H,(H2,26,27,29). The molecule has 0 spiro atoms. The molecule has 3 aromatic rings. The van der Waals surface area contributed by atoms with E-state index in [1.54, 1.807) is 30.3 Å². The fourth-order valence-electron chi connectivity index (χ4n) is 2.22. The van der Waals surface area contributed by atoms with Crippen molar-refractivity contribution in [3.05, 3.63) is 76.4 Å². The number of alkyl halides is 3. The van der Waals surface area contributed by atoms with Gasteiger partial charge in [-0.25, -0.2) is 4.98 Å². The van der Waals surface area contributed by atoms with Crippen LogP contribution in [0.15, 0.2) is 60.8 Å². The van der Waals surface area contributed by atoms with Crippen molar-refractivity contribution < 1.29 is 17.9 Å². The highest BCUT2D eigenvalue weighted by atomic mass is 35.5. The molecule has 29 heavy (non-hydrogen) atoms. The highest BCUT2D eigenvalue weighted by Gasteiger charge is 2.29. The normalized spacial score (nSPS) is 11.1. The Labute approximate surface area is 179 Å². The van der Waals surface area contributed by atoms with Gasteiger partial charge >= 0.3 is 6.18 Å². The SMILES string of the molecule is FC(F)(F)c1ccc(NC(=S)Nc2ccc(Oc3ccc(Cl)cc3Cl)nc2)cc1. The van der Waals surface area contributed by atoms with E-state index in [1.807, 2.05) is 0 Å². The lowest BCUT2D eigenvalue weighted by molar-refractivity contribution is -0.137. The molecule has 0 amide bonds. The molecular formula is C19H12Cl2F3N3OS. The summed E-state index contributed by atoms with van der Waals surface area (Å²) in [6.07, 6.45) is -2.90. The van der Waals surface area contributed by atoms with E-state index in [2.05, 4.69) is 15.6 Å². The van der Waals surface area contributed by atoms with Crippen molar-refractivity contribution in [2.24, 2.45) is 0 Å². The zero-order valence-electron chi connectivity index (χ0n) is 14.4. The number of pyridine rings is 1. The first-order valence-corrected chi connectivity index (χ1v) is 9.21. The van der Waals surface area contributed by atoms with Crippen molar-refractivity contribution in [3.63, 3.8) is 0 Å². The molecule has 0 bridgehead atoms. The summed E-state index contributed by atoms with van der Waals surface area (Å²) >= 11 is 17.1. The monoisotopic (exact) mass is 457 g/mol. The Balaban J connectivity index is 1.58. The minimum absolute atomic E-state index is 0.195. The smallest absolute Gasteiger partial charge is 0.416 e. The first kappa shape index (κ1) is 21.2. The van der Waals surface area contributed by atoms with E-state index in [9.17, 15) is 13.2 Å². The summed E-state index contributed by atoms with van der Waals surface area (Å²) in [6, 6.07) is 12.6. The lowest BCUT2D eigenvalue weighted by atomic mass is 10.2. The van der Waals surface area contributed by atoms with Crippen molar-refractivity contribution in [2.45, 2.75) is 6.18 Å². The number of halogens is 5. The van der Waals surface area contributed by atoms with E-state index in [0.717, 1.165) is 12.1 Å². The summed E-state index contributed by atoms with van der Waals surface area (Å²) in [6.45, 7) is 0. The average Bonchev–Trinajstić information content (AvgIpc) is 2.65. The van der Waals surface area contributed by atoms with Gasteiger partial charge < -0.3 is 15.4 Å². The number of hydrogen-bond donors (Lipinski definition) is 2. The van der Waals surface area contributed by atoms with Crippen LogP contribution in [0, 0.1) is 0 Å². The van der Waals surface area contributed by atoms with Gasteiger partial charge in [-0.1, -0.05) is 23.2 Å². The van der Waals surface area contributed by atoms with E-state index in [1.165, 1.54) is 18.3 Å². The molecule has 2 aromatic carbocycles. The molecule has 0 fully saturated rings. The van der Waals surface area contributed by atoms with Crippen molar-refractivity contribution in [3.8, 4) is 11.6 Å². The van der Waals surface area contributed by atoms with Gasteiger partial charge in [-0.2, -0.15) is 13.2 Å². The average molecular weight is 458 g/mol. The van der Waals surface area contributed by atoms with Crippen molar-refractivity contribution in [2.75, 3.05) is 10.6 Å². The minimum Gasteiger partial charge on any atom is -0.437 e. The van der Waals surface area contributed by atoms with Crippen LogP contribution < -0.4 is 15.4 Å². The van der Waals surface area contributed by atoms with E-state index < -0.39 is 11.7 Å². The van der Waals surface area contributed by atoms with Crippen molar-refractivity contribution in [1.82, 2.24) is 4.98 Å². The van der Waals surface area contributed by atoms with Crippen LogP contribution in [0.1, 0.15) is 5.56 Å². The number of nitrogens with one attached hydrogen (secondary N) is 2. The third-order valence-electron chi connectivity index (χ3n) is 3.57. The highest BCUT2D eigenvalue weighted by Crippen LogP contribution is 2.31. The third kappa shape index (κ3) is 5.96. The first-order chi connectivity index (χ1) is 13.7. The zero-order chi connectivity index (χ0) is 21.0. The summed E-state index contributed by atoms with van der Waals surface area (Å²) < 4.78 is 43.4. The molecule has 1 heterocycles. The lowest BCUT2D eigenvalue weighted by Crippen LogP contribution is -2.19. The molecular weight excluding hydrogens is 446 g/mol. The van der Waals surface area contributed by atoms with Crippen molar-refractivity contribution >= 4 is 51.9 Å². The van der Waals surface area contributed by atoms with Crippen LogP contribution >= 0.6 is 35.4 Å². The fraction of sp³-hybridized carbons (Fsp3) is 0.0526. The number of anilines is 2. The number of ether oxygens (including phenoxy) is 1. The van der Waals surface area contributed by atoms with Gasteiger partial charge in [-0.3, -0.25) is 0 Å². The summed E-state index contributed by atoms with van der Waals surface area (Å²) in [5.74, 6) is 0.713. The molecule has 0 unspecified atom stereocenters. The summed E-state index contributed by atoms with van der Waals surface area (Å²) in [4.78, 5) is 4.15. The predicted molar refractivity (Wildman–Crippen MR) is 112 cm³/mol. The second-order valence-electron chi connectivity index (χ2n) is 5.72. The molecule has 3 rings (SSSR count). The molecule has 0 aliphatic carbocycles. The summed E-state index contributed by atoms with van der Waals surface area (Å²) in [5.41, 5.74) is 0.243. The van der Waals surface area contributed by atoms with E-state index in [0.29, 0.717) is 33.0 Å². The topological polar surface area (TPSA) is 46.2 Å². The Bertz CT molecular complexity index is 1010. The van der Waals surface area contributed by atoms with Gasteiger partial charge in [0.05, 0.1) is 22.5 Å². The Morgan fingerprint density at radius 2 is 1.59 bits per heavy atom. The largest absolute Gasteiger partial charge is 0.437 e. The molecule has 1 aromatic heterocycles. The molecule has 10 heteroatoms.